The first-order chi connectivity index (χ1) is 8.18. The first kappa shape index (κ1) is 11.9. The predicted molar refractivity (Wildman–Crippen MR) is 72.3 cm³/mol. The third-order valence-corrected chi connectivity index (χ3v) is 3.25. The summed E-state index contributed by atoms with van der Waals surface area (Å²) < 4.78 is 14.2. The number of hydrogen-bond donors (Lipinski definition) is 2. The van der Waals surface area contributed by atoms with Crippen LogP contribution in [-0.2, 0) is 6.54 Å². The summed E-state index contributed by atoms with van der Waals surface area (Å²) in [7, 11) is 0. The Labute approximate surface area is 108 Å². The van der Waals surface area contributed by atoms with Gasteiger partial charge in [-0.1, -0.05) is 40.2 Å². The van der Waals surface area contributed by atoms with Crippen LogP contribution in [0.2, 0.25) is 0 Å². The van der Waals surface area contributed by atoms with Gasteiger partial charge in [0.25, 0.3) is 0 Å². The first-order valence-corrected chi connectivity index (χ1v) is 5.99. The van der Waals surface area contributed by atoms with E-state index < -0.39 is 5.82 Å². The number of rotatable bonds is 3. The second-order valence-corrected chi connectivity index (χ2v) is 4.50. The number of halogens is 2. The van der Waals surface area contributed by atoms with Crippen molar-refractivity contribution in [3.63, 3.8) is 0 Å². The van der Waals surface area contributed by atoms with E-state index in [4.69, 9.17) is 5.73 Å². The monoisotopic (exact) mass is 294 g/mol. The standard InChI is InChI=1S/C13H12BrFN2/c14-10-5-2-1-4-9(10)8-17-12-7-3-6-11(15)13(12)16/h1-7,17H,8,16H2. The zero-order valence-corrected chi connectivity index (χ0v) is 10.7. The summed E-state index contributed by atoms with van der Waals surface area (Å²) >= 11 is 3.46. The van der Waals surface area contributed by atoms with Crippen molar-refractivity contribution in [2.45, 2.75) is 6.54 Å². The van der Waals surface area contributed by atoms with Crippen molar-refractivity contribution in [1.29, 1.82) is 0 Å². The molecule has 88 valence electrons. The third-order valence-electron chi connectivity index (χ3n) is 2.48. The van der Waals surface area contributed by atoms with E-state index in [1.165, 1.54) is 6.07 Å². The van der Waals surface area contributed by atoms with Crippen molar-refractivity contribution >= 4 is 27.3 Å². The van der Waals surface area contributed by atoms with Crippen LogP contribution in [0, 0.1) is 5.82 Å². The van der Waals surface area contributed by atoms with Gasteiger partial charge in [0.2, 0.25) is 0 Å². The Bertz CT molecular complexity index is 529. The number of hydrogen-bond acceptors (Lipinski definition) is 2. The van der Waals surface area contributed by atoms with Gasteiger partial charge in [0.05, 0.1) is 11.4 Å². The lowest BCUT2D eigenvalue weighted by molar-refractivity contribution is 0.633. The smallest absolute Gasteiger partial charge is 0.148 e. The molecule has 0 aliphatic carbocycles. The van der Waals surface area contributed by atoms with Gasteiger partial charge in [0, 0.05) is 11.0 Å². The fourth-order valence-electron chi connectivity index (χ4n) is 1.52. The van der Waals surface area contributed by atoms with Crippen LogP contribution in [0.4, 0.5) is 15.8 Å². The van der Waals surface area contributed by atoms with Crippen molar-refractivity contribution in [2.24, 2.45) is 0 Å². The van der Waals surface area contributed by atoms with Crippen LogP contribution in [0.5, 0.6) is 0 Å². The van der Waals surface area contributed by atoms with Gasteiger partial charge in [0.15, 0.2) is 0 Å². The van der Waals surface area contributed by atoms with Crippen molar-refractivity contribution in [1.82, 2.24) is 0 Å². The third kappa shape index (κ3) is 2.77. The lowest BCUT2D eigenvalue weighted by atomic mass is 10.2. The summed E-state index contributed by atoms with van der Waals surface area (Å²) in [5.74, 6) is -0.401. The van der Waals surface area contributed by atoms with Crippen LogP contribution in [0.25, 0.3) is 0 Å². The highest BCUT2D eigenvalue weighted by atomic mass is 79.9. The Morgan fingerprint density at radius 1 is 1.12 bits per heavy atom. The molecule has 0 radical (unpaired) electrons. The normalized spacial score (nSPS) is 10.2. The molecule has 0 saturated heterocycles. The fourth-order valence-corrected chi connectivity index (χ4v) is 1.95. The summed E-state index contributed by atoms with van der Waals surface area (Å²) in [6, 6.07) is 12.6. The summed E-state index contributed by atoms with van der Waals surface area (Å²) in [5.41, 5.74) is 7.49. The van der Waals surface area contributed by atoms with E-state index in [2.05, 4.69) is 21.2 Å². The maximum atomic E-state index is 13.2. The maximum absolute atomic E-state index is 13.2. The molecule has 0 unspecified atom stereocenters. The van der Waals surface area contributed by atoms with E-state index in [0.717, 1.165) is 10.0 Å². The van der Waals surface area contributed by atoms with Gasteiger partial charge in [-0.25, -0.2) is 4.39 Å². The molecule has 3 N–H and O–H groups in total. The molecule has 2 nitrogen and oxygen atoms in total. The first-order valence-electron chi connectivity index (χ1n) is 5.20. The van der Waals surface area contributed by atoms with E-state index in [0.29, 0.717) is 12.2 Å². The number of nitrogens with two attached hydrogens (primary N) is 1. The molecule has 0 saturated carbocycles. The quantitative estimate of drug-likeness (QED) is 0.846. The highest BCUT2D eigenvalue weighted by Gasteiger charge is 2.04. The lowest BCUT2D eigenvalue weighted by Gasteiger charge is -2.10. The molecule has 0 bridgehead atoms. The van der Waals surface area contributed by atoms with Gasteiger partial charge in [-0.3, -0.25) is 0 Å². The summed E-state index contributed by atoms with van der Waals surface area (Å²) in [6.45, 7) is 0.592. The minimum absolute atomic E-state index is 0.152. The highest BCUT2D eigenvalue weighted by molar-refractivity contribution is 9.10. The predicted octanol–water partition coefficient (Wildman–Crippen LogP) is 3.78. The number of para-hydroxylation sites is 1. The van der Waals surface area contributed by atoms with Crippen molar-refractivity contribution in [3.8, 4) is 0 Å². The topological polar surface area (TPSA) is 38.0 Å². The molecule has 17 heavy (non-hydrogen) atoms. The molecule has 4 heteroatoms. The number of benzene rings is 2. The van der Waals surface area contributed by atoms with E-state index >= 15 is 0 Å². The average molecular weight is 295 g/mol. The summed E-state index contributed by atoms with van der Waals surface area (Å²) in [5, 5.41) is 3.12. The molecule has 0 atom stereocenters. The molecule has 0 heterocycles. The summed E-state index contributed by atoms with van der Waals surface area (Å²) in [4.78, 5) is 0. The SMILES string of the molecule is Nc1c(F)cccc1NCc1ccccc1Br. The van der Waals surface area contributed by atoms with Gasteiger partial charge in [-0.05, 0) is 23.8 Å². The zero-order chi connectivity index (χ0) is 12.3. The van der Waals surface area contributed by atoms with Crippen LogP contribution >= 0.6 is 15.9 Å². The number of nitrogen functional groups attached to an aromatic ring is 1. The Morgan fingerprint density at radius 3 is 2.65 bits per heavy atom. The van der Waals surface area contributed by atoms with E-state index in [-0.39, 0.29) is 5.69 Å². The molecular formula is C13H12BrFN2. The molecule has 2 rings (SSSR count). The maximum Gasteiger partial charge on any atom is 0.148 e. The summed E-state index contributed by atoms with van der Waals surface area (Å²) in [6.07, 6.45) is 0. The Morgan fingerprint density at radius 2 is 1.88 bits per heavy atom. The van der Waals surface area contributed by atoms with Crippen LogP contribution in [0.3, 0.4) is 0 Å². The fraction of sp³-hybridized carbons (Fsp3) is 0.0769. The largest absolute Gasteiger partial charge is 0.395 e. The van der Waals surface area contributed by atoms with Crippen LogP contribution in [0.15, 0.2) is 46.9 Å². The van der Waals surface area contributed by atoms with E-state index in [1.54, 1.807) is 12.1 Å². The van der Waals surface area contributed by atoms with E-state index in [9.17, 15) is 4.39 Å². The number of anilines is 2. The molecule has 0 aromatic heterocycles. The van der Waals surface area contributed by atoms with Crippen molar-refractivity contribution in [2.75, 3.05) is 11.1 Å². The van der Waals surface area contributed by atoms with Crippen LogP contribution < -0.4 is 11.1 Å². The highest BCUT2D eigenvalue weighted by Crippen LogP contribution is 2.23. The van der Waals surface area contributed by atoms with Gasteiger partial charge in [-0.2, -0.15) is 0 Å². The molecule has 0 amide bonds. The zero-order valence-electron chi connectivity index (χ0n) is 9.08. The molecule has 0 aliphatic rings. The second kappa shape index (κ2) is 5.19. The molecule has 0 spiro atoms. The Hall–Kier alpha value is -1.55. The van der Waals surface area contributed by atoms with Gasteiger partial charge < -0.3 is 11.1 Å². The van der Waals surface area contributed by atoms with Gasteiger partial charge >= 0.3 is 0 Å². The molecule has 2 aromatic rings. The van der Waals surface area contributed by atoms with Gasteiger partial charge in [0.1, 0.15) is 5.82 Å². The van der Waals surface area contributed by atoms with Crippen molar-refractivity contribution in [3.05, 3.63) is 58.3 Å². The van der Waals surface area contributed by atoms with E-state index in [1.807, 2.05) is 24.3 Å². The van der Waals surface area contributed by atoms with Crippen LogP contribution in [-0.4, -0.2) is 0 Å². The minimum Gasteiger partial charge on any atom is -0.395 e. The van der Waals surface area contributed by atoms with Gasteiger partial charge in [-0.15, -0.1) is 0 Å². The Kier molecular flexibility index (Phi) is 3.64. The molecule has 0 fully saturated rings. The average Bonchev–Trinajstić information content (AvgIpc) is 2.33. The molecule has 2 aromatic carbocycles. The van der Waals surface area contributed by atoms with Crippen molar-refractivity contribution < 1.29 is 4.39 Å². The second-order valence-electron chi connectivity index (χ2n) is 3.65. The minimum atomic E-state index is -0.401. The molecule has 0 aliphatic heterocycles. The lowest BCUT2D eigenvalue weighted by Crippen LogP contribution is -2.04. The van der Waals surface area contributed by atoms with Crippen LogP contribution in [0.1, 0.15) is 5.56 Å². The number of nitrogens with one attached hydrogen (secondary N) is 1. The molecular weight excluding hydrogens is 283 g/mol. The Balaban J connectivity index is 2.13.